The molecular weight excluding hydrogens is 197 g/mol. The van der Waals surface area contributed by atoms with Crippen LogP contribution in [0.4, 0.5) is 0 Å². The van der Waals surface area contributed by atoms with Gasteiger partial charge in [0.1, 0.15) is 0 Å². The van der Waals surface area contributed by atoms with Crippen LogP contribution in [0.15, 0.2) is 0 Å². The minimum atomic E-state index is -0.500. The number of rotatable bonds is 2. The third-order valence-corrected chi connectivity index (χ3v) is 2.34. The Morgan fingerprint density at radius 1 is 0.917 bits per heavy atom. The highest BCUT2D eigenvalue weighted by atomic mass is 35.5. The summed E-state index contributed by atoms with van der Waals surface area (Å²) in [6.07, 6.45) is 0. The molecule has 0 aliphatic rings. The van der Waals surface area contributed by atoms with Gasteiger partial charge in [-0.15, -0.1) is 24.8 Å². The smallest absolute Gasteiger partial charge is 0.0665 e. The van der Waals surface area contributed by atoms with Crippen LogP contribution >= 0.6 is 24.8 Å². The zero-order chi connectivity index (χ0) is 7.65. The summed E-state index contributed by atoms with van der Waals surface area (Å²) in [7, 11) is 0. The minimum Gasteiger partial charge on any atom is -0.390 e. The quantitative estimate of drug-likeness (QED) is 0.751. The molecule has 0 aliphatic heterocycles. The summed E-state index contributed by atoms with van der Waals surface area (Å²) in [6.45, 7) is 10.1. The van der Waals surface area contributed by atoms with Gasteiger partial charge in [0.15, 0.2) is 0 Å². The Labute approximate surface area is 88.5 Å². The van der Waals surface area contributed by atoms with Crippen molar-refractivity contribution in [2.45, 2.75) is 40.2 Å². The Hall–Kier alpha value is 0.500. The van der Waals surface area contributed by atoms with E-state index in [-0.39, 0.29) is 31.0 Å². The van der Waals surface area contributed by atoms with E-state index in [4.69, 9.17) is 0 Å². The van der Waals surface area contributed by atoms with Gasteiger partial charge in [-0.2, -0.15) is 0 Å². The van der Waals surface area contributed by atoms with Gasteiger partial charge in [0.05, 0.1) is 5.60 Å². The standard InChI is InChI=1S/C8H18O.2ClH.H3N/c1-6(2)8(5,9)7(3)4;;;/h6-7,9H,1-5H3;2*1H;1H3. The molecule has 0 aromatic rings. The van der Waals surface area contributed by atoms with Gasteiger partial charge in [-0.3, -0.25) is 0 Å². The minimum absolute atomic E-state index is 0. The summed E-state index contributed by atoms with van der Waals surface area (Å²) in [6, 6.07) is 0. The van der Waals surface area contributed by atoms with Crippen LogP contribution < -0.4 is 6.15 Å². The molecule has 0 aromatic carbocycles. The second kappa shape index (κ2) is 8.11. The van der Waals surface area contributed by atoms with E-state index in [1.54, 1.807) is 0 Å². The predicted octanol–water partition coefficient (Wildman–Crippen LogP) is 3.06. The molecule has 4 heteroatoms. The second-order valence-corrected chi connectivity index (χ2v) is 3.54. The molecule has 0 spiro atoms. The summed E-state index contributed by atoms with van der Waals surface area (Å²) in [5.74, 6) is 0.690. The zero-order valence-corrected chi connectivity index (χ0v) is 10.3. The fourth-order valence-corrected chi connectivity index (χ4v) is 0.667. The van der Waals surface area contributed by atoms with Gasteiger partial charge in [-0.05, 0) is 18.8 Å². The van der Waals surface area contributed by atoms with Crippen molar-refractivity contribution >= 4 is 24.8 Å². The predicted molar refractivity (Wildman–Crippen MR) is 59.8 cm³/mol. The lowest BCUT2D eigenvalue weighted by molar-refractivity contribution is -0.0289. The third kappa shape index (κ3) is 6.06. The summed E-state index contributed by atoms with van der Waals surface area (Å²) >= 11 is 0. The molecule has 0 aromatic heterocycles. The summed E-state index contributed by atoms with van der Waals surface area (Å²) in [5, 5.41) is 9.67. The van der Waals surface area contributed by atoms with E-state index in [1.807, 2.05) is 34.6 Å². The van der Waals surface area contributed by atoms with Crippen LogP contribution in [-0.2, 0) is 0 Å². The van der Waals surface area contributed by atoms with Crippen molar-refractivity contribution in [1.82, 2.24) is 6.15 Å². The molecule has 80 valence electrons. The molecule has 0 rings (SSSR count). The van der Waals surface area contributed by atoms with Crippen molar-refractivity contribution in [2.75, 3.05) is 0 Å². The first-order valence-corrected chi connectivity index (χ1v) is 3.61. The number of aliphatic hydroxyl groups is 1. The Kier molecular flexibility index (Phi) is 15.5. The van der Waals surface area contributed by atoms with Crippen LogP contribution in [0.25, 0.3) is 0 Å². The molecule has 0 amide bonds. The maximum Gasteiger partial charge on any atom is 0.0665 e. The lowest BCUT2D eigenvalue weighted by Crippen LogP contribution is -2.36. The molecule has 4 N–H and O–H groups in total. The van der Waals surface area contributed by atoms with E-state index in [9.17, 15) is 5.11 Å². The lowest BCUT2D eigenvalue weighted by Gasteiger charge is -2.31. The summed E-state index contributed by atoms with van der Waals surface area (Å²) in [4.78, 5) is 0. The highest BCUT2D eigenvalue weighted by molar-refractivity contribution is 5.85. The van der Waals surface area contributed by atoms with E-state index in [1.165, 1.54) is 0 Å². The van der Waals surface area contributed by atoms with E-state index >= 15 is 0 Å². The van der Waals surface area contributed by atoms with E-state index in [0.29, 0.717) is 11.8 Å². The van der Waals surface area contributed by atoms with Crippen LogP contribution in [-0.4, -0.2) is 10.7 Å². The van der Waals surface area contributed by atoms with Gasteiger partial charge in [-0.25, -0.2) is 0 Å². The Morgan fingerprint density at radius 2 is 1.08 bits per heavy atom. The topological polar surface area (TPSA) is 55.2 Å². The first-order valence-electron chi connectivity index (χ1n) is 3.61. The first kappa shape index (κ1) is 22.9. The Morgan fingerprint density at radius 3 is 1.08 bits per heavy atom. The van der Waals surface area contributed by atoms with Gasteiger partial charge in [0.25, 0.3) is 0 Å². The van der Waals surface area contributed by atoms with Crippen LogP contribution in [0.5, 0.6) is 0 Å². The molecule has 0 heterocycles. The van der Waals surface area contributed by atoms with Gasteiger partial charge in [-0.1, -0.05) is 27.7 Å². The van der Waals surface area contributed by atoms with Gasteiger partial charge in [0, 0.05) is 0 Å². The van der Waals surface area contributed by atoms with Crippen LogP contribution in [0.2, 0.25) is 0 Å². The van der Waals surface area contributed by atoms with Crippen LogP contribution in [0, 0.1) is 11.8 Å². The zero-order valence-electron chi connectivity index (χ0n) is 8.63. The highest BCUT2D eigenvalue weighted by Gasteiger charge is 2.28. The average molecular weight is 220 g/mol. The molecular formula is C8H23Cl2NO. The maximum atomic E-state index is 9.67. The van der Waals surface area contributed by atoms with Crippen LogP contribution in [0.1, 0.15) is 34.6 Å². The van der Waals surface area contributed by atoms with Crippen molar-refractivity contribution in [3.8, 4) is 0 Å². The molecule has 2 nitrogen and oxygen atoms in total. The number of hydrogen-bond acceptors (Lipinski definition) is 2. The lowest BCUT2D eigenvalue weighted by atomic mass is 9.82. The summed E-state index contributed by atoms with van der Waals surface area (Å²) in [5.41, 5.74) is -0.500. The van der Waals surface area contributed by atoms with E-state index in [0.717, 1.165) is 0 Å². The molecule has 0 saturated carbocycles. The second-order valence-electron chi connectivity index (χ2n) is 3.54. The molecule has 12 heavy (non-hydrogen) atoms. The van der Waals surface area contributed by atoms with Gasteiger partial charge in [0.2, 0.25) is 0 Å². The summed E-state index contributed by atoms with van der Waals surface area (Å²) < 4.78 is 0. The fourth-order valence-electron chi connectivity index (χ4n) is 0.667. The largest absolute Gasteiger partial charge is 0.390 e. The first-order chi connectivity index (χ1) is 3.89. The highest BCUT2D eigenvalue weighted by Crippen LogP contribution is 2.24. The Balaban J connectivity index is -0.000000107. The molecule has 0 radical (unpaired) electrons. The SMILES string of the molecule is CC(C)C(C)(O)C(C)C.Cl.Cl.N. The van der Waals surface area contributed by atoms with Gasteiger partial charge < -0.3 is 11.3 Å². The van der Waals surface area contributed by atoms with Crippen molar-refractivity contribution < 1.29 is 5.11 Å². The van der Waals surface area contributed by atoms with Crippen molar-refractivity contribution in [1.29, 1.82) is 0 Å². The Bertz CT molecular complexity index is 85.1. The number of halogens is 2. The average Bonchev–Trinajstić information content (AvgIpc) is 1.65. The molecule has 0 unspecified atom stereocenters. The van der Waals surface area contributed by atoms with E-state index < -0.39 is 5.60 Å². The number of hydrogen-bond donors (Lipinski definition) is 2. The van der Waals surface area contributed by atoms with Gasteiger partial charge >= 0.3 is 0 Å². The third-order valence-electron chi connectivity index (χ3n) is 2.34. The van der Waals surface area contributed by atoms with E-state index in [2.05, 4.69) is 0 Å². The molecule has 0 fully saturated rings. The molecule has 0 saturated heterocycles. The molecule has 0 aliphatic carbocycles. The monoisotopic (exact) mass is 219 g/mol. The fraction of sp³-hybridized carbons (Fsp3) is 1.00. The molecule has 0 atom stereocenters. The van der Waals surface area contributed by atoms with Crippen molar-refractivity contribution in [3.63, 3.8) is 0 Å². The van der Waals surface area contributed by atoms with Crippen molar-refractivity contribution in [2.24, 2.45) is 11.8 Å². The molecule has 0 bridgehead atoms. The maximum absolute atomic E-state index is 9.67. The van der Waals surface area contributed by atoms with Crippen molar-refractivity contribution in [3.05, 3.63) is 0 Å². The van der Waals surface area contributed by atoms with Crippen LogP contribution in [0.3, 0.4) is 0 Å². The normalized spacial score (nSPS) is 10.0.